The first kappa shape index (κ1) is 9.92. The summed E-state index contributed by atoms with van der Waals surface area (Å²) in [6, 6.07) is 0. The zero-order valence-corrected chi connectivity index (χ0v) is 7.26. The molecule has 0 saturated heterocycles. The molecule has 2 heteroatoms. The van der Waals surface area contributed by atoms with Crippen LogP contribution in [0.25, 0.3) is 0 Å². The van der Waals surface area contributed by atoms with Crippen LogP contribution in [-0.4, -0.2) is 12.8 Å². The van der Waals surface area contributed by atoms with Gasteiger partial charge in [0, 0.05) is 6.61 Å². The second-order valence-corrected chi connectivity index (χ2v) is 2.50. The maximum Gasteiger partial charge on any atom is 0.108 e. The van der Waals surface area contributed by atoms with Crippen LogP contribution in [-0.2, 0) is 4.74 Å². The Kier molecular flexibility index (Phi) is 5.64. The molecule has 0 heterocycles. The summed E-state index contributed by atoms with van der Waals surface area (Å²) in [5.41, 5.74) is 5.73. The van der Waals surface area contributed by atoms with Gasteiger partial charge in [-0.2, -0.15) is 0 Å². The standard InChI is InChI=1S/C8H19NO/c1-4-7(5-2)8(9)10-6-3/h7-8H,4-6,9H2,1-3H3. The van der Waals surface area contributed by atoms with E-state index < -0.39 is 0 Å². The van der Waals surface area contributed by atoms with Gasteiger partial charge >= 0.3 is 0 Å². The molecule has 1 unspecified atom stereocenters. The van der Waals surface area contributed by atoms with E-state index in [0.29, 0.717) is 5.92 Å². The Morgan fingerprint density at radius 3 is 2.00 bits per heavy atom. The lowest BCUT2D eigenvalue weighted by Crippen LogP contribution is -2.32. The number of hydrogen-bond acceptors (Lipinski definition) is 2. The van der Waals surface area contributed by atoms with Gasteiger partial charge in [0.05, 0.1) is 0 Å². The van der Waals surface area contributed by atoms with Crippen molar-refractivity contribution in [2.24, 2.45) is 11.7 Å². The molecule has 0 rings (SSSR count). The fourth-order valence-electron chi connectivity index (χ4n) is 1.08. The molecule has 2 N–H and O–H groups in total. The topological polar surface area (TPSA) is 35.2 Å². The zero-order chi connectivity index (χ0) is 7.98. The summed E-state index contributed by atoms with van der Waals surface area (Å²) in [6.45, 7) is 6.99. The molecular formula is C8H19NO. The van der Waals surface area contributed by atoms with Gasteiger partial charge in [0.25, 0.3) is 0 Å². The summed E-state index contributed by atoms with van der Waals surface area (Å²) in [6.07, 6.45) is 2.16. The van der Waals surface area contributed by atoms with Gasteiger partial charge in [0.15, 0.2) is 0 Å². The summed E-state index contributed by atoms with van der Waals surface area (Å²) in [4.78, 5) is 0. The van der Waals surface area contributed by atoms with Gasteiger partial charge < -0.3 is 10.5 Å². The Morgan fingerprint density at radius 1 is 1.20 bits per heavy atom. The van der Waals surface area contributed by atoms with Crippen LogP contribution in [0.2, 0.25) is 0 Å². The molecule has 2 nitrogen and oxygen atoms in total. The van der Waals surface area contributed by atoms with Crippen LogP contribution < -0.4 is 5.73 Å². The lowest BCUT2D eigenvalue weighted by Gasteiger charge is -2.20. The third-order valence-electron chi connectivity index (χ3n) is 1.87. The van der Waals surface area contributed by atoms with E-state index in [4.69, 9.17) is 10.5 Å². The van der Waals surface area contributed by atoms with E-state index in [1.165, 1.54) is 0 Å². The fourth-order valence-corrected chi connectivity index (χ4v) is 1.08. The van der Waals surface area contributed by atoms with Crippen LogP contribution in [0.4, 0.5) is 0 Å². The molecule has 0 aromatic heterocycles. The minimum absolute atomic E-state index is 0.0556. The molecule has 0 aliphatic rings. The summed E-state index contributed by atoms with van der Waals surface area (Å²) in [5.74, 6) is 0.528. The van der Waals surface area contributed by atoms with E-state index in [1.54, 1.807) is 0 Å². The second kappa shape index (κ2) is 5.69. The molecular weight excluding hydrogens is 126 g/mol. The highest BCUT2D eigenvalue weighted by molar-refractivity contribution is 4.60. The Morgan fingerprint density at radius 2 is 1.70 bits per heavy atom. The van der Waals surface area contributed by atoms with Gasteiger partial charge in [-0.25, -0.2) is 0 Å². The van der Waals surface area contributed by atoms with Crippen molar-refractivity contribution in [3.05, 3.63) is 0 Å². The lowest BCUT2D eigenvalue weighted by molar-refractivity contribution is 0.0217. The Bertz CT molecular complexity index is 71.7. The number of hydrogen-bond donors (Lipinski definition) is 1. The van der Waals surface area contributed by atoms with Gasteiger partial charge in [-0.1, -0.05) is 13.8 Å². The third kappa shape index (κ3) is 3.18. The number of nitrogens with two attached hydrogens (primary N) is 1. The van der Waals surface area contributed by atoms with Gasteiger partial charge in [0.1, 0.15) is 6.23 Å². The lowest BCUT2D eigenvalue weighted by atomic mass is 10.0. The average Bonchev–Trinajstić information content (AvgIpc) is 1.91. The first-order valence-electron chi connectivity index (χ1n) is 4.13. The van der Waals surface area contributed by atoms with Crippen molar-refractivity contribution in [1.29, 1.82) is 0 Å². The number of rotatable bonds is 5. The van der Waals surface area contributed by atoms with Crippen molar-refractivity contribution >= 4 is 0 Å². The van der Waals surface area contributed by atoms with Gasteiger partial charge in [-0.15, -0.1) is 0 Å². The van der Waals surface area contributed by atoms with Crippen molar-refractivity contribution in [1.82, 2.24) is 0 Å². The molecule has 0 aliphatic heterocycles. The molecule has 0 aromatic carbocycles. The smallest absolute Gasteiger partial charge is 0.108 e. The van der Waals surface area contributed by atoms with Crippen LogP contribution in [0.15, 0.2) is 0 Å². The summed E-state index contributed by atoms with van der Waals surface area (Å²) in [5, 5.41) is 0. The van der Waals surface area contributed by atoms with Crippen LogP contribution in [0.1, 0.15) is 33.6 Å². The first-order valence-corrected chi connectivity index (χ1v) is 4.13. The third-order valence-corrected chi connectivity index (χ3v) is 1.87. The molecule has 0 amide bonds. The minimum Gasteiger partial charge on any atom is -0.364 e. The van der Waals surface area contributed by atoms with Gasteiger partial charge in [-0.3, -0.25) is 0 Å². The van der Waals surface area contributed by atoms with E-state index in [1.807, 2.05) is 6.92 Å². The normalized spacial score (nSPS) is 14.1. The quantitative estimate of drug-likeness (QED) is 0.598. The van der Waals surface area contributed by atoms with E-state index in [0.717, 1.165) is 19.4 Å². The highest BCUT2D eigenvalue weighted by Gasteiger charge is 2.12. The van der Waals surface area contributed by atoms with E-state index in [9.17, 15) is 0 Å². The van der Waals surface area contributed by atoms with Crippen LogP contribution in [0, 0.1) is 5.92 Å². The fraction of sp³-hybridized carbons (Fsp3) is 1.00. The second-order valence-electron chi connectivity index (χ2n) is 2.50. The molecule has 1 atom stereocenters. The Balaban J connectivity index is 3.53. The van der Waals surface area contributed by atoms with Crippen LogP contribution >= 0.6 is 0 Å². The van der Waals surface area contributed by atoms with Gasteiger partial charge in [0.2, 0.25) is 0 Å². The van der Waals surface area contributed by atoms with Crippen LogP contribution in [0.3, 0.4) is 0 Å². The number of ether oxygens (including phenoxy) is 1. The van der Waals surface area contributed by atoms with Crippen molar-refractivity contribution in [3.63, 3.8) is 0 Å². The minimum atomic E-state index is -0.0556. The van der Waals surface area contributed by atoms with Crippen molar-refractivity contribution < 1.29 is 4.74 Å². The maximum atomic E-state index is 5.73. The van der Waals surface area contributed by atoms with Crippen molar-refractivity contribution in [3.8, 4) is 0 Å². The Labute approximate surface area is 63.7 Å². The maximum absolute atomic E-state index is 5.73. The summed E-state index contributed by atoms with van der Waals surface area (Å²) >= 11 is 0. The van der Waals surface area contributed by atoms with E-state index in [2.05, 4.69) is 13.8 Å². The molecule has 0 spiro atoms. The molecule has 0 bridgehead atoms. The molecule has 0 aliphatic carbocycles. The largest absolute Gasteiger partial charge is 0.364 e. The molecule has 0 fully saturated rings. The zero-order valence-electron chi connectivity index (χ0n) is 7.26. The summed E-state index contributed by atoms with van der Waals surface area (Å²) < 4.78 is 5.26. The van der Waals surface area contributed by atoms with E-state index >= 15 is 0 Å². The molecule has 62 valence electrons. The monoisotopic (exact) mass is 145 g/mol. The highest BCUT2D eigenvalue weighted by atomic mass is 16.5. The van der Waals surface area contributed by atoms with E-state index in [-0.39, 0.29) is 6.23 Å². The first-order chi connectivity index (χ1) is 4.76. The van der Waals surface area contributed by atoms with Crippen molar-refractivity contribution in [2.75, 3.05) is 6.61 Å². The molecule has 0 aromatic rings. The average molecular weight is 145 g/mol. The van der Waals surface area contributed by atoms with Crippen LogP contribution in [0.5, 0.6) is 0 Å². The van der Waals surface area contributed by atoms with Gasteiger partial charge in [-0.05, 0) is 25.7 Å². The van der Waals surface area contributed by atoms with Crippen molar-refractivity contribution in [2.45, 2.75) is 39.8 Å². The molecule has 10 heavy (non-hydrogen) atoms. The molecule has 0 saturated carbocycles. The highest BCUT2D eigenvalue weighted by Crippen LogP contribution is 2.11. The molecule has 0 radical (unpaired) electrons. The Hall–Kier alpha value is -0.0800. The predicted octanol–water partition coefficient (Wildman–Crippen LogP) is 1.74. The summed E-state index contributed by atoms with van der Waals surface area (Å²) in [7, 11) is 0. The predicted molar refractivity (Wildman–Crippen MR) is 43.7 cm³/mol. The SMILES string of the molecule is CCOC(N)C(CC)CC.